The van der Waals surface area contributed by atoms with Gasteiger partial charge in [-0.25, -0.2) is 0 Å². The molecule has 2 nitrogen and oxygen atoms in total. The lowest BCUT2D eigenvalue weighted by Crippen LogP contribution is -2.17. The van der Waals surface area contributed by atoms with E-state index < -0.39 is 0 Å². The van der Waals surface area contributed by atoms with Gasteiger partial charge in [0.25, 0.3) is 0 Å². The zero-order chi connectivity index (χ0) is 5.98. The Morgan fingerprint density at radius 3 is 2.88 bits per heavy atom. The van der Waals surface area contributed by atoms with E-state index in [4.69, 9.17) is 5.11 Å². The molecule has 8 heavy (non-hydrogen) atoms. The number of hydrogen-bond donors (Lipinski definition) is 1. The van der Waals surface area contributed by atoms with Crippen LogP contribution in [0.15, 0.2) is 0 Å². The minimum atomic E-state index is -0.257. The average molecular weight is 113 g/mol. The predicted molar refractivity (Wildman–Crippen MR) is 29.2 cm³/mol. The van der Waals surface area contributed by atoms with E-state index in [0.29, 0.717) is 19.3 Å². The van der Waals surface area contributed by atoms with Gasteiger partial charge in [-0.05, 0) is 12.8 Å². The van der Waals surface area contributed by atoms with E-state index in [1.54, 1.807) is 6.42 Å². The molecule has 1 unspecified atom stereocenters. The quantitative estimate of drug-likeness (QED) is 0.490. The fourth-order valence-corrected chi connectivity index (χ4v) is 0.796. The monoisotopic (exact) mass is 113 g/mol. The van der Waals surface area contributed by atoms with Gasteiger partial charge in [-0.1, -0.05) is 0 Å². The van der Waals surface area contributed by atoms with Crippen LogP contribution in [-0.4, -0.2) is 17.0 Å². The van der Waals surface area contributed by atoms with Crippen molar-refractivity contribution in [1.29, 1.82) is 0 Å². The lowest BCUT2D eigenvalue weighted by atomic mass is 9.97. The number of Topliss-reactive ketones (excluding diaryl/α,β-unsaturated/α-hetero) is 1. The zero-order valence-electron chi connectivity index (χ0n) is 4.63. The zero-order valence-corrected chi connectivity index (χ0v) is 4.63. The summed E-state index contributed by atoms with van der Waals surface area (Å²) in [6.07, 6.45) is 3.04. The van der Waals surface area contributed by atoms with Crippen LogP contribution >= 0.6 is 0 Å². The molecule has 0 amide bonds. The second-order valence-corrected chi connectivity index (χ2v) is 2.10. The van der Waals surface area contributed by atoms with Gasteiger partial charge < -0.3 is 5.11 Å². The van der Waals surface area contributed by atoms with Crippen molar-refractivity contribution < 1.29 is 9.90 Å². The molecular formula is C6H9O2. The third-order valence-electron chi connectivity index (χ3n) is 1.34. The van der Waals surface area contributed by atoms with Crippen LogP contribution in [0.25, 0.3) is 0 Å². The van der Waals surface area contributed by atoms with Gasteiger partial charge in [-0.3, -0.25) is 4.79 Å². The standard InChI is InChI=1S/C6H9O2/c7-5-1-2-6(8)4-3-5/h1,6,8H,2-4H2. The summed E-state index contributed by atoms with van der Waals surface area (Å²) in [4.78, 5) is 10.4. The SMILES string of the molecule is O=C1[CH]CC(O)CC1. The van der Waals surface area contributed by atoms with Gasteiger partial charge in [0.1, 0.15) is 5.78 Å². The maximum atomic E-state index is 10.4. The molecule has 1 saturated carbocycles. The van der Waals surface area contributed by atoms with Crippen LogP contribution in [0.1, 0.15) is 19.3 Å². The van der Waals surface area contributed by atoms with Crippen molar-refractivity contribution in [3.63, 3.8) is 0 Å². The molecule has 1 radical (unpaired) electrons. The third kappa shape index (κ3) is 1.30. The summed E-state index contributed by atoms with van der Waals surface area (Å²) in [7, 11) is 0. The lowest BCUT2D eigenvalue weighted by Gasteiger charge is -2.13. The van der Waals surface area contributed by atoms with E-state index in [-0.39, 0.29) is 11.9 Å². The van der Waals surface area contributed by atoms with E-state index in [2.05, 4.69) is 0 Å². The summed E-state index contributed by atoms with van der Waals surface area (Å²) in [5.74, 6) is 0.176. The molecule has 45 valence electrons. The average Bonchev–Trinajstić information content (AvgIpc) is 1.77. The summed E-state index contributed by atoms with van der Waals surface area (Å²) >= 11 is 0. The maximum absolute atomic E-state index is 10.4. The minimum Gasteiger partial charge on any atom is -0.393 e. The molecule has 1 rings (SSSR count). The first-order valence-electron chi connectivity index (χ1n) is 2.83. The Morgan fingerprint density at radius 1 is 1.75 bits per heavy atom. The summed E-state index contributed by atoms with van der Waals surface area (Å²) in [5.41, 5.74) is 0. The fourth-order valence-electron chi connectivity index (χ4n) is 0.796. The van der Waals surface area contributed by atoms with Gasteiger partial charge >= 0.3 is 0 Å². The van der Waals surface area contributed by atoms with Crippen molar-refractivity contribution in [2.45, 2.75) is 25.4 Å². The largest absolute Gasteiger partial charge is 0.393 e. The number of ketones is 1. The van der Waals surface area contributed by atoms with Crippen molar-refractivity contribution in [2.24, 2.45) is 0 Å². The van der Waals surface area contributed by atoms with E-state index in [1.165, 1.54) is 0 Å². The molecular weight excluding hydrogens is 104 g/mol. The van der Waals surface area contributed by atoms with Crippen molar-refractivity contribution in [3.05, 3.63) is 6.42 Å². The molecule has 0 aliphatic heterocycles. The van der Waals surface area contributed by atoms with E-state index in [0.717, 1.165) is 0 Å². The predicted octanol–water partition coefficient (Wildman–Crippen LogP) is 0.305. The Balaban J connectivity index is 2.29. The third-order valence-corrected chi connectivity index (χ3v) is 1.34. The molecule has 0 heterocycles. The van der Waals surface area contributed by atoms with Gasteiger partial charge in [0.2, 0.25) is 0 Å². The second kappa shape index (κ2) is 2.27. The number of hydrogen-bond acceptors (Lipinski definition) is 2. The molecule has 0 bridgehead atoms. The van der Waals surface area contributed by atoms with Crippen LogP contribution < -0.4 is 0 Å². The first kappa shape index (κ1) is 5.76. The molecule has 0 aromatic heterocycles. The fraction of sp³-hybridized carbons (Fsp3) is 0.667. The number of rotatable bonds is 0. The normalized spacial score (nSPS) is 23.9. The molecule has 0 saturated heterocycles. The van der Waals surface area contributed by atoms with Crippen molar-refractivity contribution in [2.75, 3.05) is 0 Å². The highest BCUT2D eigenvalue weighted by atomic mass is 16.3. The smallest absolute Gasteiger partial charge is 0.136 e. The molecule has 1 aliphatic rings. The topological polar surface area (TPSA) is 37.3 Å². The summed E-state index contributed by atoms with van der Waals surface area (Å²) < 4.78 is 0. The summed E-state index contributed by atoms with van der Waals surface area (Å²) in [6, 6.07) is 0. The Morgan fingerprint density at radius 2 is 2.50 bits per heavy atom. The van der Waals surface area contributed by atoms with Gasteiger partial charge in [-0.15, -0.1) is 0 Å². The van der Waals surface area contributed by atoms with Crippen molar-refractivity contribution in [3.8, 4) is 0 Å². The minimum absolute atomic E-state index is 0.176. The van der Waals surface area contributed by atoms with Gasteiger partial charge in [0.15, 0.2) is 0 Å². The molecule has 1 N–H and O–H groups in total. The Kier molecular flexibility index (Phi) is 1.63. The molecule has 0 spiro atoms. The van der Waals surface area contributed by atoms with Crippen molar-refractivity contribution in [1.82, 2.24) is 0 Å². The number of aliphatic hydroxyl groups is 1. The summed E-state index contributed by atoms with van der Waals surface area (Å²) in [5, 5.41) is 8.84. The molecule has 1 atom stereocenters. The van der Waals surface area contributed by atoms with Crippen LogP contribution in [0.5, 0.6) is 0 Å². The number of aliphatic hydroxyl groups excluding tert-OH is 1. The van der Waals surface area contributed by atoms with Crippen LogP contribution in [0.2, 0.25) is 0 Å². The van der Waals surface area contributed by atoms with E-state index in [9.17, 15) is 4.79 Å². The highest BCUT2D eigenvalue weighted by Crippen LogP contribution is 2.12. The Bertz CT molecular complexity index is 88.7. The Hall–Kier alpha value is -0.370. The maximum Gasteiger partial charge on any atom is 0.136 e. The molecule has 0 aromatic carbocycles. The van der Waals surface area contributed by atoms with Gasteiger partial charge in [0, 0.05) is 12.8 Å². The summed E-state index contributed by atoms with van der Waals surface area (Å²) in [6.45, 7) is 0. The molecule has 1 aliphatic carbocycles. The van der Waals surface area contributed by atoms with Crippen molar-refractivity contribution >= 4 is 5.78 Å². The van der Waals surface area contributed by atoms with E-state index >= 15 is 0 Å². The van der Waals surface area contributed by atoms with Crippen LogP contribution in [0.4, 0.5) is 0 Å². The number of carbonyl (C=O) groups is 1. The molecule has 0 aromatic rings. The van der Waals surface area contributed by atoms with Crippen LogP contribution in [0.3, 0.4) is 0 Å². The van der Waals surface area contributed by atoms with Gasteiger partial charge in [-0.2, -0.15) is 0 Å². The number of carbonyl (C=O) groups excluding carboxylic acids is 1. The second-order valence-electron chi connectivity index (χ2n) is 2.10. The Labute approximate surface area is 48.5 Å². The van der Waals surface area contributed by atoms with Crippen LogP contribution in [-0.2, 0) is 4.79 Å². The highest BCUT2D eigenvalue weighted by Gasteiger charge is 2.15. The molecule has 2 heteroatoms. The molecule has 1 fully saturated rings. The van der Waals surface area contributed by atoms with Gasteiger partial charge in [0.05, 0.1) is 6.10 Å². The van der Waals surface area contributed by atoms with E-state index in [1.807, 2.05) is 0 Å². The first-order chi connectivity index (χ1) is 3.79. The van der Waals surface area contributed by atoms with Crippen LogP contribution in [0, 0.1) is 6.42 Å². The lowest BCUT2D eigenvalue weighted by molar-refractivity contribution is -0.118. The first-order valence-corrected chi connectivity index (χ1v) is 2.83. The highest BCUT2D eigenvalue weighted by molar-refractivity contribution is 5.87.